The van der Waals surface area contributed by atoms with E-state index in [1.54, 1.807) is 42.5 Å². The summed E-state index contributed by atoms with van der Waals surface area (Å²) in [6.45, 7) is -0.425. The summed E-state index contributed by atoms with van der Waals surface area (Å²) < 4.78 is 10.3. The molecular weight excluding hydrogens is 482 g/mol. The minimum absolute atomic E-state index is 0.144. The fourth-order valence-corrected chi connectivity index (χ4v) is 6.64. The normalized spacial score (nSPS) is 25.4. The maximum absolute atomic E-state index is 13.6. The summed E-state index contributed by atoms with van der Waals surface area (Å²) in [5.41, 5.74) is 2.16. The van der Waals surface area contributed by atoms with Gasteiger partial charge in [-0.15, -0.1) is 0 Å². The number of carbonyl (C=O) groups is 4. The first-order valence-electron chi connectivity index (χ1n) is 12.8. The number of anilines is 1. The van der Waals surface area contributed by atoms with Crippen LogP contribution in [0.2, 0.25) is 0 Å². The summed E-state index contributed by atoms with van der Waals surface area (Å²) in [7, 11) is 1.54. The standard InChI is InChI=1S/C31H27NO6/c1-37-23-12-10-19(11-13-23)26(33)17-38-31(36)20-8-5-9-22(14-20)32-29(34)27-21-15-24(18-6-3-2-4-7-18)25(16-21)28(27)30(32)35/h2-14,21,24-25,27-28H,15-17H2,1H3. The minimum atomic E-state index is -0.697. The van der Waals surface area contributed by atoms with Crippen LogP contribution in [-0.4, -0.2) is 37.3 Å². The van der Waals surface area contributed by atoms with Crippen molar-refractivity contribution < 1.29 is 28.7 Å². The van der Waals surface area contributed by atoms with Crippen molar-refractivity contribution in [2.45, 2.75) is 18.8 Å². The first kappa shape index (κ1) is 24.1. The molecule has 2 amide bonds. The lowest BCUT2D eigenvalue weighted by Crippen LogP contribution is -2.33. The molecule has 1 aliphatic heterocycles. The predicted octanol–water partition coefficient (Wildman–Crippen LogP) is 4.66. The number of ketones is 1. The Morgan fingerprint density at radius 3 is 2.32 bits per heavy atom. The molecule has 6 rings (SSSR count). The monoisotopic (exact) mass is 509 g/mol. The second kappa shape index (κ2) is 9.56. The van der Waals surface area contributed by atoms with Crippen molar-refractivity contribution in [3.8, 4) is 5.75 Å². The Kier molecular flexibility index (Phi) is 6.06. The van der Waals surface area contributed by atoms with Crippen LogP contribution in [0.4, 0.5) is 5.69 Å². The van der Waals surface area contributed by atoms with Crippen LogP contribution < -0.4 is 9.64 Å². The number of methoxy groups -OCH3 is 1. The maximum atomic E-state index is 13.6. The van der Waals surface area contributed by atoms with Gasteiger partial charge in [-0.05, 0) is 78.6 Å². The molecule has 0 N–H and O–H groups in total. The van der Waals surface area contributed by atoms with E-state index in [9.17, 15) is 19.2 Å². The average molecular weight is 510 g/mol. The highest BCUT2D eigenvalue weighted by molar-refractivity contribution is 6.23. The number of benzene rings is 3. The van der Waals surface area contributed by atoms with Gasteiger partial charge in [0.25, 0.3) is 0 Å². The molecule has 7 nitrogen and oxygen atoms in total. The number of hydrogen-bond donors (Lipinski definition) is 0. The number of carbonyl (C=O) groups excluding carboxylic acids is 4. The zero-order valence-electron chi connectivity index (χ0n) is 20.9. The summed E-state index contributed by atoms with van der Waals surface area (Å²) >= 11 is 0. The fourth-order valence-electron chi connectivity index (χ4n) is 6.64. The van der Waals surface area contributed by atoms with Gasteiger partial charge in [0.15, 0.2) is 12.4 Å². The smallest absolute Gasteiger partial charge is 0.338 e. The number of rotatable bonds is 7. The van der Waals surface area contributed by atoms with Crippen molar-refractivity contribution in [3.05, 3.63) is 95.6 Å². The van der Waals surface area contributed by atoms with E-state index in [2.05, 4.69) is 12.1 Å². The van der Waals surface area contributed by atoms with Gasteiger partial charge in [-0.2, -0.15) is 0 Å². The van der Waals surface area contributed by atoms with E-state index >= 15 is 0 Å². The van der Waals surface area contributed by atoms with E-state index < -0.39 is 12.6 Å². The van der Waals surface area contributed by atoms with Gasteiger partial charge in [0.2, 0.25) is 11.8 Å². The van der Waals surface area contributed by atoms with Gasteiger partial charge in [0.1, 0.15) is 5.75 Å². The van der Waals surface area contributed by atoms with Gasteiger partial charge in [0.05, 0.1) is 30.2 Å². The van der Waals surface area contributed by atoms with Crippen LogP contribution in [0.3, 0.4) is 0 Å². The van der Waals surface area contributed by atoms with E-state index in [4.69, 9.17) is 9.47 Å². The molecule has 3 aliphatic rings. The number of imide groups is 1. The topological polar surface area (TPSA) is 90.0 Å². The number of hydrogen-bond acceptors (Lipinski definition) is 6. The van der Waals surface area contributed by atoms with E-state index in [-0.39, 0.29) is 52.8 Å². The van der Waals surface area contributed by atoms with Gasteiger partial charge in [-0.3, -0.25) is 19.3 Å². The number of esters is 1. The van der Waals surface area contributed by atoms with Gasteiger partial charge < -0.3 is 9.47 Å². The second-order valence-corrected chi connectivity index (χ2v) is 10.3. The lowest BCUT2D eigenvalue weighted by Gasteiger charge is -2.28. The van der Waals surface area contributed by atoms with E-state index in [1.807, 2.05) is 18.2 Å². The average Bonchev–Trinajstić information content (AvgIpc) is 3.63. The number of amides is 2. The van der Waals surface area contributed by atoms with E-state index in [0.717, 1.165) is 12.8 Å². The molecule has 192 valence electrons. The zero-order valence-corrected chi connectivity index (χ0v) is 20.9. The predicted molar refractivity (Wildman–Crippen MR) is 139 cm³/mol. The van der Waals surface area contributed by atoms with Crippen LogP contribution in [0.5, 0.6) is 5.75 Å². The Labute approximate surface area is 220 Å². The SMILES string of the molecule is COc1ccc(C(=O)COC(=O)c2cccc(N3C(=O)C4C5CC(c6ccccc6)C(C5)C4C3=O)c2)cc1. The molecule has 3 aromatic rings. The third-order valence-electron chi connectivity index (χ3n) is 8.33. The lowest BCUT2D eigenvalue weighted by atomic mass is 9.73. The largest absolute Gasteiger partial charge is 0.497 e. The molecule has 2 saturated carbocycles. The van der Waals surface area contributed by atoms with Crippen molar-refractivity contribution in [3.63, 3.8) is 0 Å². The summed E-state index contributed by atoms with van der Waals surface area (Å²) in [4.78, 5) is 53.5. The van der Waals surface area contributed by atoms with Gasteiger partial charge in [-0.1, -0.05) is 36.4 Å². The van der Waals surface area contributed by atoms with E-state index in [1.165, 1.54) is 23.6 Å². The highest BCUT2D eigenvalue weighted by Gasteiger charge is 2.64. The number of Topliss-reactive ketones (excluding diaryl/α,β-unsaturated/α-hetero) is 1. The number of fused-ring (bicyclic) bond motifs is 5. The number of ether oxygens (including phenoxy) is 2. The first-order chi connectivity index (χ1) is 18.5. The van der Waals surface area contributed by atoms with Crippen LogP contribution in [0, 0.1) is 23.7 Å². The molecule has 38 heavy (non-hydrogen) atoms. The highest BCUT2D eigenvalue weighted by atomic mass is 16.5. The van der Waals surface area contributed by atoms with Crippen molar-refractivity contribution >= 4 is 29.3 Å². The van der Waals surface area contributed by atoms with Crippen LogP contribution in [0.15, 0.2) is 78.9 Å². The Morgan fingerprint density at radius 2 is 1.58 bits per heavy atom. The molecule has 3 fully saturated rings. The molecule has 7 heteroatoms. The quantitative estimate of drug-likeness (QED) is 0.261. The van der Waals surface area contributed by atoms with Crippen molar-refractivity contribution in [2.75, 3.05) is 18.6 Å². The Balaban J connectivity index is 1.16. The third-order valence-corrected chi connectivity index (χ3v) is 8.33. The molecular formula is C31H27NO6. The molecule has 1 saturated heterocycles. The maximum Gasteiger partial charge on any atom is 0.338 e. The summed E-state index contributed by atoms with van der Waals surface area (Å²) in [6.07, 6.45) is 1.81. The molecule has 2 aliphatic carbocycles. The molecule has 1 heterocycles. The summed E-state index contributed by atoms with van der Waals surface area (Å²) in [5, 5.41) is 0. The highest BCUT2D eigenvalue weighted by Crippen LogP contribution is 2.61. The van der Waals surface area contributed by atoms with Crippen molar-refractivity contribution in [1.29, 1.82) is 0 Å². The minimum Gasteiger partial charge on any atom is -0.497 e. The molecule has 5 atom stereocenters. The van der Waals surface area contributed by atoms with Gasteiger partial charge in [0, 0.05) is 5.56 Å². The van der Waals surface area contributed by atoms with Crippen molar-refractivity contribution in [1.82, 2.24) is 0 Å². The fraction of sp³-hybridized carbons (Fsp3) is 0.290. The second-order valence-electron chi connectivity index (χ2n) is 10.3. The molecule has 0 spiro atoms. The lowest BCUT2D eigenvalue weighted by molar-refractivity contribution is -0.123. The molecule has 0 aromatic heterocycles. The molecule has 0 radical (unpaired) electrons. The molecule has 2 bridgehead atoms. The van der Waals surface area contributed by atoms with Crippen molar-refractivity contribution in [2.24, 2.45) is 23.7 Å². The number of nitrogens with zero attached hydrogens (tertiary/aromatic N) is 1. The van der Waals surface area contributed by atoms with Gasteiger partial charge in [-0.25, -0.2) is 4.79 Å². The third kappa shape index (κ3) is 3.99. The van der Waals surface area contributed by atoms with E-state index in [0.29, 0.717) is 17.0 Å². The Hall–Kier alpha value is -4.26. The zero-order chi connectivity index (χ0) is 26.4. The van der Waals surface area contributed by atoms with Crippen LogP contribution >= 0.6 is 0 Å². The first-order valence-corrected chi connectivity index (χ1v) is 12.8. The molecule has 5 unspecified atom stereocenters. The molecule has 3 aromatic carbocycles. The summed E-state index contributed by atoms with van der Waals surface area (Å²) in [5.74, 6) is -0.810. The van der Waals surface area contributed by atoms with Crippen LogP contribution in [0.25, 0.3) is 0 Å². The summed E-state index contributed by atoms with van der Waals surface area (Å²) in [6, 6.07) is 23.1. The van der Waals surface area contributed by atoms with Crippen LogP contribution in [-0.2, 0) is 14.3 Å². The van der Waals surface area contributed by atoms with Crippen LogP contribution in [0.1, 0.15) is 45.0 Å². The Morgan fingerprint density at radius 1 is 0.842 bits per heavy atom. The van der Waals surface area contributed by atoms with Gasteiger partial charge >= 0.3 is 5.97 Å². The Bertz CT molecular complexity index is 1420.